The molecule has 0 aliphatic heterocycles. The van der Waals surface area contributed by atoms with Crippen LogP contribution in [0.15, 0.2) is 107 Å². The van der Waals surface area contributed by atoms with E-state index in [1.54, 1.807) is 84.9 Å². The first-order valence-corrected chi connectivity index (χ1v) is 13.9. The summed E-state index contributed by atoms with van der Waals surface area (Å²) in [4.78, 5) is 12.1. The van der Waals surface area contributed by atoms with Gasteiger partial charge in [0.2, 0.25) is 9.84 Å². The predicted octanol–water partition coefficient (Wildman–Crippen LogP) is 5.49. The average molecular weight is 550 g/mol. The van der Waals surface area contributed by atoms with Crippen LogP contribution in [0.3, 0.4) is 0 Å². The number of aliphatic hydroxyl groups excluding tert-OH is 1. The van der Waals surface area contributed by atoms with Gasteiger partial charge in [0.15, 0.2) is 0 Å². The van der Waals surface area contributed by atoms with Crippen LogP contribution < -0.4 is 5.32 Å². The molecule has 38 heavy (non-hydrogen) atoms. The molecule has 0 unspecified atom stereocenters. The van der Waals surface area contributed by atoms with Crippen LogP contribution in [0.5, 0.6) is 0 Å². The molecule has 0 amide bonds. The number of carbonyl (C=O) groups is 1. The highest BCUT2D eigenvalue weighted by atomic mass is 35.5. The summed E-state index contributed by atoms with van der Waals surface area (Å²) >= 11 is 5.98. The van der Waals surface area contributed by atoms with Crippen molar-refractivity contribution in [3.63, 3.8) is 0 Å². The Morgan fingerprint density at radius 1 is 0.895 bits per heavy atom. The Morgan fingerprint density at radius 2 is 1.61 bits per heavy atom. The molecule has 4 aromatic rings. The zero-order chi connectivity index (χ0) is 27.1. The van der Waals surface area contributed by atoms with Gasteiger partial charge in [0.05, 0.1) is 28.6 Å². The predicted molar refractivity (Wildman–Crippen MR) is 148 cm³/mol. The van der Waals surface area contributed by atoms with Crippen molar-refractivity contribution in [2.45, 2.75) is 22.3 Å². The number of benzene rings is 4. The average Bonchev–Trinajstić information content (AvgIpc) is 2.95. The topological polar surface area (TPSA) is 92.7 Å². The van der Waals surface area contributed by atoms with Gasteiger partial charge >= 0.3 is 5.97 Å². The minimum absolute atomic E-state index is 0.191. The summed E-state index contributed by atoms with van der Waals surface area (Å²) in [6.45, 7) is 1.01. The fourth-order valence-corrected chi connectivity index (χ4v) is 5.54. The number of nitrogens with one attached hydrogen (secondary N) is 1. The quantitative estimate of drug-likeness (QED) is 0.201. The third kappa shape index (κ3) is 6.68. The number of rotatable bonds is 10. The summed E-state index contributed by atoms with van der Waals surface area (Å²) in [6, 6.07) is 27.5. The maximum Gasteiger partial charge on any atom is 0.337 e. The van der Waals surface area contributed by atoms with Crippen LogP contribution in [-0.4, -0.2) is 39.7 Å². The van der Waals surface area contributed by atoms with Gasteiger partial charge in [-0.25, -0.2) is 13.2 Å². The first-order chi connectivity index (χ1) is 18.3. The smallest absolute Gasteiger partial charge is 0.337 e. The normalized spacial score (nSPS) is 12.2. The number of sulfone groups is 1. The van der Waals surface area contributed by atoms with E-state index in [2.05, 4.69) is 5.32 Å². The van der Waals surface area contributed by atoms with Crippen molar-refractivity contribution in [1.82, 2.24) is 5.32 Å². The largest absolute Gasteiger partial charge is 0.465 e. The monoisotopic (exact) mass is 549 g/mol. The molecule has 0 radical (unpaired) electrons. The second-order valence-corrected chi connectivity index (χ2v) is 11.2. The molecule has 4 aromatic carbocycles. The van der Waals surface area contributed by atoms with Gasteiger partial charge in [0.25, 0.3) is 0 Å². The number of methoxy groups -OCH3 is 1. The van der Waals surface area contributed by atoms with E-state index in [4.69, 9.17) is 16.3 Å². The van der Waals surface area contributed by atoms with Crippen LogP contribution in [0, 0.1) is 0 Å². The van der Waals surface area contributed by atoms with Crippen LogP contribution in [0.25, 0.3) is 11.1 Å². The zero-order valence-corrected chi connectivity index (χ0v) is 22.4. The lowest BCUT2D eigenvalue weighted by atomic mass is 10.0. The van der Waals surface area contributed by atoms with E-state index < -0.39 is 21.9 Å². The molecule has 0 fully saturated rings. The molecule has 8 heteroatoms. The third-order valence-electron chi connectivity index (χ3n) is 6.18. The molecule has 0 heterocycles. The molecule has 0 bridgehead atoms. The molecule has 6 nitrogen and oxygen atoms in total. The van der Waals surface area contributed by atoms with E-state index >= 15 is 0 Å². The Labute approximate surface area is 227 Å². The van der Waals surface area contributed by atoms with Crippen LogP contribution in [0.1, 0.15) is 27.6 Å². The van der Waals surface area contributed by atoms with Gasteiger partial charge in [0.1, 0.15) is 0 Å². The van der Waals surface area contributed by atoms with Crippen LogP contribution >= 0.6 is 11.6 Å². The number of hydrogen-bond donors (Lipinski definition) is 2. The number of carbonyl (C=O) groups excluding carboxylic acids is 1. The van der Waals surface area contributed by atoms with E-state index in [-0.39, 0.29) is 9.79 Å². The van der Waals surface area contributed by atoms with Gasteiger partial charge < -0.3 is 15.2 Å². The van der Waals surface area contributed by atoms with Gasteiger partial charge in [-0.15, -0.1) is 0 Å². The lowest BCUT2D eigenvalue weighted by Crippen LogP contribution is -2.23. The summed E-state index contributed by atoms with van der Waals surface area (Å²) in [6.07, 6.45) is 0.0161. The Morgan fingerprint density at radius 3 is 2.29 bits per heavy atom. The van der Waals surface area contributed by atoms with Crippen molar-refractivity contribution in [1.29, 1.82) is 0 Å². The van der Waals surface area contributed by atoms with Gasteiger partial charge in [-0.2, -0.15) is 0 Å². The number of esters is 1. The van der Waals surface area contributed by atoms with Crippen molar-refractivity contribution in [3.05, 3.63) is 119 Å². The fraction of sp³-hybridized carbons (Fsp3) is 0.167. The minimum Gasteiger partial charge on any atom is -0.465 e. The molecule has 2 N–H and O–H groups in total. The van der Waals surface area contributed by atoms with E-state index in [0.717, 1.165) is 22.3 Å². The Balaban J connectivity index is 1.38. The minimum atomic E-state index is -3.72. The van der Waals surface area contributed by atoms with Crippen LogP contribution in [0.2, 0.25) is 5.02 Å². The van der Waals surface area contributed by atoms with Crippen molar-refractivity contribution >= 4 is 27.4 Å². The summed E-state index contributed by atoms with van der Waals surface area (Å²) in [5.74, 6) is -0.428. The van der Waals surface area contributed by atoms with E-state index in [0.29, 0.717) is 30.1 Å². The highest BCUT2D eigenvalue weighted by Crippen LogP contribution is 2.27. The molecule has 1 atom stereocenters. The number of halogens is 1. The molecule has 0 aliphatic rings. The van der Waals surface area contributed by atoms with Gasteiger partial charge in [-0.3, -0.25) is 0 Å². The highest BCUT2D eigenvalue weighted by molar-refractivity contribution is 7.91. The first-order valence-electron chi connectivity index (χ1n) is 12.0. The van der Waals surface area contributed by atoms with Crippen molar-refractivity contribution in [2.75, 3.05) is 20.2 Å². The van der Waals surface area contributed by atoms with E-state index in [1.165, 1.54) is 7.11 Å². The van der Waals surface area contributed by atoms with E-state index in [1.807, 2.05) is 12.1 Å². The molecule has 0 spiro atoms. The standard InChI is InChI=1S/C30H28ClNO5S/c1-37-30(34)23-12-10-22(11-13-23)24-4-3-7-28(19-24)38(35,36)27-14-8-21(9-15-27)16-17-32-20-29(33)25-5-2-6-26(31)18-25/h2-15,18-19,29,32-33H,16-17,20H2,1H3/t29-/m0/s1. The van der Waals surface area contributed by atoms with Gasteiger partial charge in [0, 0.05) is 11.6 Å². The maximum absolute atomic E-state index is 13.3. The molecule has 0 saturated heterocycles. The van der Waals surface area contributed by atoms with Crippen LogP contribution in [0.4, 0.5) is 0 Å². The molecule has 196 valence electrons. The molecule has 0 saturated carbocycles. The molecule has 0 aliphatic carbocycles. The number of ether oxygens (including phenoxy) is 1. The maximum atomic E-state index is 13.3. The third-order valence-corrected chi connectivity index (χ3v) is 8.18. The lowest BCUT2D eigenvalue weighted by molar-refractivity contribution is 0.0600. The lowest BCUT2D eigenvalue weighted by Gasteiger charge is -2.13. The molecular formula is C30H28ClNO5S. The van der Waals surface area contributed by atoms with E-state index in [9.17, 15) is 18.3 Å². The van der Waals surface area contributed by atoms with Crippen molar-refractivity contribution in [3.8, 4) is 11.1 Å². The Hall–Kier alpha value is -3.49. The summed E-state index contributed by atoms with van der Waals surface area (Å²) < 4.78 is 31.3. The number of hydrogen-bond acceptors (Lipinski definition) is 6. The molecule has 4 rings (SSSR count). The molecule has 0 aromatic heterocycles. The zero-order valence-electron chi connectivity index (χ0n) is 20.8. The number of aliphatic hydroxyl groups is 1. The Kier molecular flexibility index (Phi) is 8.97. The van der Waals surface area contributed by atoms with Gasteiger partial charge in [-0.1, -0.05) is 60.1 Å². The summed E-state index contributed by atoms with van der Waals surface area (Å²) in [5, 5.41) is 14.1. The fourth-order valence-electron chi connectivity index (χ4n) is 4.03. The molecular weight excluding hydrogens is 522 g/mol. The SMILES string of the molecule is COC(=O)c1ccc(-c2cccc(S(=O)(=O)c3ccc(CCNC[C@H](O)c4cccc(Cl)c4)cc3)c2)cc1. The van der Waals surface area contributed by atoms with Gasteiger partial charge in [-0.05, 0) is 83.8 Å². The first kappa shape index (κ1) is 27.5. The highest BCUT2D eigenvalue weighted by Gasteiger charge is 2.18. The summed E-state index contributed by atoms with van der Waals surface area (Å²) in [7, 11) is -2.39. The van der Waals surface area contributed by atoms with Crippen molar-refractivity contribution in [2.24, 2.45) is 0 Å². The van der Waals surface area contributed by atoms with Crippen molar-refractivity contribution < 1.29 is 23.1 Å². The second kappa shape index (κ2) is 12.4. The Bertz CT molecular complexity index is 1500. The van der Waals surface area contributed by atoms with Crippen LogP contribution in [-0.2, 0) is 21.0 Å². The second-order valence-electron chi connectivity index (χ2n) is 8.77. The summed E-state index contributed by atoms with van der Waals surface area (Å²) in [5.41, 5.74) is 3.67.